The third kappa shape index (κ3) is 4.30. The third-order valence-corrected chi connectivity index (χ3v) is 6.28. The summed E-state index contributed by atoms with van der Waals surface area (Å²) < 4.78 is 25.9. The van der Waals surface area contributed by atoms with Crippen LogP contribution in [0.15, 0.2) is 71.1 Å². The van der Waals surface area contributed by atoms with Crippen LogP contribution in [0, 0.1) is 5.82 Å². The lowest BCUT2D eigenvalue weighted by Gasteiger charge is -2.37. The number of ketones is 1. The molecule has 0 saturated heterocycles. The molecule has 2 aromatic carbocycles. The summed E-state index contributed by atoms with van der Waals surface area (Å²) in [6.45, 7) is 3.94. The SMILES string of the molecule is CCCOC(=O)C1=C(C)NC2=C(C(=O)C[C@@H](c3ccccc3OC)C2)[C@H]1c1ccccc1F. The van der Waals surface area contributed by atoms with Crippen LogP contribution in [-0.2, 0) is 14.3 Å². The van der Waals surface area contributed by atoms with E-state index in [9.17, 15) is 14.0 Å². The Morgan fingerprint density at radius 3 is 2.48 bits per heavy atom. The van der Waals surface area contributed by atoms with Gasteiger partial charge < -0.3 is 14.8 Å². The molecule has 2 atom stereocenters. The standard InChI is InChI=1S/C27H28FNO4/c1-4-13-33-27(31)24-16(2)29-21-14-17(18-9-6-8-12-23(18)32-3)15-22(30)26(21)25(24)19-10-5-7-11-20(19)28/h5-12,17,25,29H,4,13-15H2,1-3H3/t17-,25-/m0/s1. The molecule has 0 bridgehead atoms. The average Bonchev–Trinajstić information content (AvgIpc) is 2.81. The van der Waals surface area contributed by atoms with Gasteiger partial charge >= 0.3 is 5.97 Å². The van der Waals surface area contributed by atoms with Crippen molar-refractivity contribution in [2.75, 3.05) is 13.7 Å². The van der Waals surface area contributed by atoms with E-state index >= 15 is 0 Å². The summed E-state index contributed by atoms with van der Waals surface area (Å²) in [6.07, 6.45) is 1.48. The molecule has 1 heterocycles. The fourth-order valence-corrected chi connectivity index (χ4v) is 4.83. The Morgan fingerprint density at radius 1 is 1.09 bits per heavy atom. The highest BCUT2D eigenvalue weighted by Gasteiger charge is 2.42. The van der Waals surface area contributed by atoms with Crippen LogP contribution >= 0.6 is 0 Å². The lowest BCUT2D eigenvalue weighted by atomic mass is 9.71. The number of methoxy groups -OCH3 is 1. The molecule has 5 nitrogen and oxygen atoms in total. The summed E-state index contributed by atoms with van der Waals surface area (Å²) in [5.74, 6) is -1.25. The largest absolute Gasteiger partial charge is 0.496 e. The molecule has 6 heteroatoms. The van der Waals surface area contributed by atoms with E-state index < -0.39 is 17.7 Å². The summed E-state index contributed by atoms with van der Waals surface area (Å²) in [5.41, 5.74) is 3.30. The van der Waals surface area contributed by atoms with Gasteiger partial charge in [-0.3, -0.25) is 4.79 Å². The quantitative estimate of drug-likeness (QED) is 0.618. The Labute approximate surface area is 193 Å². The maximum absolute atomic E-state index is 15.0. The van der Waals surface area contributed by atoms with Gasteiger partial charge in [-0.1, -0.05) is 43.3 Å². The number of carbonyl (C=O) groups is 2. The number of ether oxygens (including phenoxy) is 2. The molecule has 0 saturated carbocycles. The number of hydrogen-bond acceptors (Lipinski definition) is 5. The number of para-hydroxylation sites is 1. The third-order valence-electron chi connectivity index (χ3n) is 6.28. The lowest BCUT2D eigenvalue weighted by molar-refractivity contribution is -0.139. The Balaban J connectivity index is 1.80. The van der Waals surface area contributed by atoms with Gasteiger partial charge in [0.2, 0.25) is 0 Å². The van der Waals surface area contributed by atoms with Crippen LogP contribution in [0.4, 0.5) is 4.39 Å². The minimum Gasteiger partial charge on any atom is -0.496 e. The van der Waals surface area contributed by atoms with Crippen molar-refractivity contribution in [2.24, 2.45) is 0 Å². The fourth-order valence-electron chi connectivity index (χ4n) is 4.83. The Bertz CT molecular complexity index is 1150. The van der Waals surface area contributed by atoms with Gasteiger partial charge in [0.25, 0.3) is 0 Å². The summed E-state index contributed by atoms with van der Waals surface area (Å²) >= 11 is 0. The number of benzene rings is 2. The van der Waals surface area contributed by atoms with Gasteiger partial charge in [-0.15, -0.1) is 0 Å². The van der Waals surface area contributed by atoms with E-state index in [2.05, 4.69) is 5.32 Å². The zero-order chi connectivity index (χ0) is 23.5. The minimum atomic E-state index is -0.807. The van der Waals surface area contributed by atoms with Crippen LogP contribution in [-0.4, -0.2) is 25.5 Å². The van der Waals surface area contributed by atoms with Gasteiger partial charge in [-0.25, -0.2) is 9.18 Å². The zero-order valence-corrected chi connectivity index (χ0v) is 19.1. The first-order valence-electron chi connectivity index (χ1n) is 11.2. The molecule has 0 radical (unpaired) electrons. The highest BCUT2D eigenvalue weighted by Crippen LogP contribution is 2.47. The van der Waals surface area contributed by atoms with Gasteiger partial charge in [-0.05, 0) is 37.5 Å². The van der Waals surface area contributed by atoms with E-state index in [1.54, 1.807) is 32.2 Å². The van der Waals surface area contributed by atoms with E-state index in [0.717, 1.165) is 17.0 Å². The van der Waals surface area contributed by atoms with E-state index in [-0.39, 0.29) is 30.3 Å². The van der Waals surface area contributed by atoms with Crippen molar-refractivity contribution in [3.05, 3.63) is 88.0 Å². The van der Waals surface area contributed by atoms with E-state index in [0.29, 0.717) is 29.7 Å². The molecule has 0 aromatic heterocycles. The summed E-state index contributed by atoms with van der Waals surface area (Å²) in [6, 6.07) is 14.0. The molecule has 0 fully saturated rings. The predicted octanol–water partition coefficient (Wildman–Crippen LogP) is 5.15. The van der Waals surface area contributed by atoms with Crippen molar-refractivity contribution < 1.29 is 23.5 Å². The van der Waals surface area contributed by atoms with Crippen molar-refractivity contribution in [2.45, 2.75) is 44.9 Å². The number of nitrogens with one attached hydrogen (secondary N) is 1. The maximum Gasteiger partial charge on any atom is 0.336 e. The number of carbonyl (C=O) groups excluding carboxylic acids is 2. The smallest absolute Gasteiger partial charge is 0.336 e. The number of dihydropyridines is 1. The van der Waals surface area contributed by atoms with Crippen LogP contribution in [0.25, 0.3) is 0 Å². The van der Waals surface area contributed by atoms with Gasteiger partial charge in [0.1, 0.15) is 11.6 Å². The molecule has 0 unspecified atom stereocenters. The monoisotopic (exact) mass is 449 g/mol. The summed E-state index contributed by atoms with van der Waals surface area (Å²) in [4.78, 5) is 26.6. The number of rotatable bonds is 6. The van der Waals surface area contributed by atoms with Crippen molar-refractivity contribution in [1.29, 1.82) is 0 Å². The predicted molar refractivity (Wildman–Crippen MR) is 123 cm³/mol. The molecule has 4 rings (SSSR count). The van der Waals surface area contributed by atoms with E-state index in [4.69, 9.17) is 9.47 Å². The molecular formula is C27H28FNO4. The first-order chi connectivity index (χ1) is 16.0. The molecule has 0 spiro atoms. The molecule has 172 valence electrons. The van der Waals surface area contributed by atoms with Gasteiger partial charge in [0.05, 0.1) is 25.2 Å². The van der Waals surface area contributed by atoms with Crippen LogP contribution in [0.2, 0.25) is 0 Å². The fraction of sp³-hybridized carbons (Fsp3) is 0.333. The van der Waals surface area contributed by atoms with Gasteiger partial charge in [0.15, 0.2) is 5.78 Å². The van der Waals surface area contributed by atoms with E-state index in [1.807, 2.05) is 31.2 Å². The highest BCUT2D eigenvalue weighted by atomic mass is 19.1. The molecule has 1 aliphatic carbocycles. The normalized spacial score (nSPS) is 20.3. The van der Waals surface area contributed by atoms with Crippen LogP contribution in [0.1, 0.15) is 56.1 Å². The molecule has 1 aliphatic heterocycles. The second-order valence-electron chi connectivity index (χ2n) is 8.42. The van der Waals surface area contributed by atoms with Gasteiger partial charge in [-0.2, -0.15) is 0 Å². The number of halogens is 1. The van der Waals surface area contributed by atoms with E-state index in [1.165, 1.54) is 6.07 Å². The molecule has 2 aromatic rings. The van der Waals surface area contributed by atoms with Crippen LogP contribution in [0.5, 0.6) is 5.75 Å². The maximum atomic E-state index is 15.0. The first kappa shape index (κ1) is 22.8. The van der Waals surface area contributed by atoms with Crippen LogP contribution in [0.3, 0.4) is 0 Å². The van der Waals surface area contributed by atoms with Crippen molar-refractivity contribution in [3.8, 4) is 5.75 Å². The zero-order valence-electron chi connectivity index (χ0n) is 19.1. The molecule has 2 aliphatic rings. The number of hydrogen-bond donors (Lipinski definition) is 1. The lowest BCUT2D eigenvalue weighted by Crippen LogP contribution is -2.36. The Morgan fingerprint density at radius 2 is 1.79 bits per heavy atom. The van der Waals surface area contributed by atoms with Gasteiger partial charge in [0, 0.05) is 34.9 Å². The number of Topliss-reactive ketones (excluding diaryl/α,β-unsaturated/α-hetero) is 1. The summed E-state index contributed by atoms with van der Waals surface area (Å²) in [5, 5.41) is 3.29. The minimum absolute atomic E-state index is 0.0810. The second kappa shape index (κ2) is 9.61. The molecule has 1 N–H and O–H groups in total. The number of allylic oxidation sites excluding steroid dienone is 3. The average molecular weight is 450 g/mol. The van der Waals surface area contributed by atoms with Crippen LogP contribution < -0.4 is 10.1 Å². The van der Waals surface area contributed by atoms with Crippen molar-refractivity contribution in [1.82, 2.24) is 5.32 Å². The highest BCUT2D eigenvalue weighted by molar-refractivity contribution is 6.04. The Kier molecular flexibility index (Phi) is 6.63. The molecule has 0 amide bonds. The topological polar surface area (TPSA) is 64.6 Å². The number of esters is 1. The first-order valence-corrected chi connectivity index (χ1v) is 11.2. The molecular weight excluding hydrogens is 421 g/mol. The Hall–Kier alpha value is -3.41. The summed E-state index contributed by atoms with van der Waals surface area (Å²) in [7, 11) is 1.61. The van der Waals surface area contributed by atoms with Crippen molar-refractivity contribution >= 4 is 11.8 Å². The van der Waals surface area contributed by atoms with Crippen molar-refractivity contribution in [3.63, 3.8) is 0 Å². The molecule has 33 heavy (non-hydrogen) atoms. The second-order valence-corrected chi connectivity index (χ2v) is 8.42.